The molecule has 0 aromatic carbocycles. The Kier molecular flexibility index (Phi) is 4.28. The van der Waals surface area contributed by atoms with Gasteiger partial charge < -0.3 is 0 Å². The fourth-order valence-electron chi connectivity index (χ4n) is 0.140. The topological polar surface area (TPSA) is 43.4 Å². The molecule has 76 valence electrons. The van der Waals surface area contributed by atoms with Gasteiger partial charge in [0.2, 0.25) is 0 Å². The van der Waals surface area contributed by atoms with Crippen molar-refractivity contribution in [1.29, 1.82) is 0 Å². The molecule has 0 spiro atoms. The summed E-state index contributed by atoms with van der Waals surface area (Å²) in [6.45, 7) is 0. The molecule has 0 N–H and O–H groups in total. The Morgan fingerprint density at radius 2 is 1.50 bits per heavy atom. The molecule has 0 atom stereocenters. The van der Waals surface area contributed by atoms with Crippen LogP contribution < -0.4 is 0 Å². The molecule has 0 aromatic heterocycles. The predicted octanol–water partition coefficient (Wildman–Crippen LogP) is 2.00. The molecule has 0 aliphatic heterocycles. The van der Waals surface area contributed by atoms with Gasteiger partial charge in [0.15, 0.2) is 0 Å². The van der Waals surface area contributed by atoms with E-state index in [4.69, 9.17) is 26.9 Å². The SMILES string of the molecule is O=S(=O)(O[Te](Cl)(Cl)Cl)C(F)(F)F. The molecule has 0 amide bonds. The molecule has 0 saturated heterocycles. The minimum absolute atomic E-state index is 3.32. The van der Waals surface area contributed by atoms with E-state index >= 15 is 0 Å². The fraction of sp³-hybridized carbons (Fsp3) is 1.00. The van der Waals surface area contributed by atoms with Gasteiger partial charge in [-0.3, -0.25) is 0 Å². The molecular formula is CCl3F3O3STe. The van der Waals surface area contributed by atoms with E-state index < -0.39 is 30.9 Å². The number of halogens is 6. The fourth-order valence-corrected chi connectivity index (χ4v) is 6.91. The van der Waals surface area contributed by atoms with Crippen molar-refractivity contribution in [3.05, 3.63) is 0 Å². The van der Waals surface area contributed by atoms with Crippen LogP contribution in [-0.4, -0.2) is 29.2 Å². The predicted molar refractivity (Wildman–Crippen MR) is 39.4 cm³/mol. The van der Waals surface area contributed by atoms with Crippen LogP contribution in [-0.2, 0) is 12.7 Å². The van der Waals surface area contributed by atoms with Gasteiger partial charge in [-0.1, -0.05) is 0 Å². The minimum atomic E-state index is -5.77. The summed E-state index contributed by atoms with van der Waals surface area (Å²) in [7, 11) is 8.76. The summed E-state index contributed by atoms with van der Waals surface area (Å²) in [4.78, 5) is 0. The molecule has 0 fully saturated rings. The molecule has 0 radical (unpaired) electrons. The second-order valence-electron chi connectivity index (χ2n) is 1.33. The molecule has 3 nitrogen and oxygen atoms in total. The summed E-state index contributed by atoms with van der Waals surface area (Å²) >= 11 is -4.79. The van der Waals surface area contributed by atoms with Crippen molar-refractivity contribution in [3.63, 3.8) is 0 Å². The van der Waals surface area contributed by atoms with Crippen LogP contribution in [0, 0.1) is 0 Å². The number of alkyl halides is 3. The molecule has 0 unspecified atom stereocenters. The molecule has 0 bridgehead atoms. The molecule has 0 aliphatic carbocycles. The van der Waals surface area contributed by atoms with Crippen molar-refractivity contribution in [1.82, 2.24) is 0 Å². The van der Waals surface area contributed by atoms with Gasteiger partial charge >= 0.3 is 81.9 Å². The first-order chi connectivity index (χ1) is 4.96. The zero-order chi connectivity index (χ0) is 10.2. The molecular weight excluding hydrogens is 383 g/mol. The van der Waals surface area contributed by atoms with Crippen LogP contribution in [0.1, 0.15) is 0 Å². The third kappa shape index (κ3) is 4.56. The van der Waals surface area contributed by atoms with Crippen LogP contribution in [0.4, 0.5) is 13.2 Å². The second-order valence-corrected chi connectivity index (χ2v) is 18.0. The van der Waals surface area contributed by atoms with Crippen LogP contribution in [0.2, 0.25) is 0 Å². The Hall–Kier alpha value is 1.36. The summed E-state index contributed by atoms with van der Waals surface area (Å²) in [5.41, 5.74) is -5.55. The van der Waals surface area contributed by atoms with E-state index in [2.05, 4.69) is 2.55 Å². The molecule has 11 heteroatoms. The standard InChI is InChI=1S/CCl3F3O3STe/c2-12(3,4)10-11(8,9)1(5,6)7. The molecule has 0 aromatic rings. The Labute approximate surface area is 81.4 Å². The Morgan fingerprint density at radius 3 is 1.58 bits per heavy atom. The van der Waals surface area contributed by atoms with E-state index in [1.165, 1.54) is 0 Å². The van der Waals surface area contributed by atoms with Crippen LogP contribution in [0.25, 0.3) is 0 Å². The van der Waals surface area contributed by atoms with Crippen molar-refractivity contribution in [3.8, 4) is 0 Å². The van der Waals surface area contributed by atoms with E-state index in [9.17, 15) is 21.6 Å². The molecule has 0 rings (SSSR count). The normalized spacial score (nSPS) is 16.2. The number of rotatable bonds is 2. The van der Waals surface area contributed by atoms with Gasteiger partial charge in [0.05, 0.1) is 0 Å². The first-order valence-corrected chi connectivity index (χ1v) is 13.1. The molecule has 0 heterocycles. The maximum absolute atomic E-state index is 11.5. The third-order valence-electron chi connectivity index (χ3n) is 0.450. The Balaban J connectivity index is 4.70. The van der Waals surface area contributed by atoms with Crippen molar-refractivity contribution < 1.29 is 24.1 Å². The zero-order valence-corrected chi connectivity index (χ0v) is 10.2. The van der Waals surface area contributed by atoms with Gasteiger partial charge in [-0.15, -0.1) is 0 Å². The average Bonchev–Trinajstić information content (AvgIpc) is 1.52. The van der Waals surface area contributed by atoms with Crippen molar-refractivity contribution >= 4 is 52.2 Å². The molecule has 12 heavy (non-hydrogen) atoms. The van der Waals surface area contributed by atoms with Gasteiger partial charge in [0.1, 0.15) is 0 Å². The van der Waals surface area contributed by atoms with Gasteiger partial charge in [0, 0.05) is 0 Å². The average molecular weight is 383 g/mol. The first kappa shape index (κ1) is 13.4. The van der Waals surface area contributed by atoms with E-state index in [1.807, 2.05) is 0 Å². The monoisotopic (exact) mass is 384 g/mol. The number of hydrogen-bond donors (Lipinski definition) is 0. The summed E-state index contributed by atoms with van der Waals surface area (Å²) in [5.74, 6) is 0. The first-order valence-electron chi connectivity index (χ1n) is 1.90. The molecule has 0 aliphatic rings. The molecule has 0 saturated carbocycles. The van der Waals surface area contributed by atoms with E-state index in [0.29, 0.717) is 0 Å². The number of hydrogen-bond acceptors (Lipinski definition) is 3. The Morgan fingerprint density at radius 1 is 1.17 bits per heavy atom. The van der Waals surface area contributed by atoms with Crippen molar-refractivity contribution in [2.45, 2.75) is 5.51 Å². The van der Waals surface area contributed by atoms with E-state index in [1.54, 1.807) is 0 Å². The van der Waals surface area contributed by atoms with Gasteiger partial charge in [0.25, 0.3) is 0 Å². The second kappa shape index (κ2) is 3.85. The Bertz CT molecular complexity index is 253. The summed E-state index contributed by atoms with van der Waals surface area (Å²) < 4.78 is 58.1. The van der Waals surface area contributed by atoms with Crippen LogP contribution in [0.5, 0.6) is 0 Å². The summed E-state index contributed by atoms with van der Waals surface area (Å²) in [6, 6.07) is 0. The van der Waals surface area contributed by atoms with Crippen molar-refractivity contribution in [2.75, 3.05) is 0 Å². The van der Waals surface area contributed by atoms with E-state index in [0.717, 1.165) is 0 Å². The zero-order valence-electron chi connectivity index (χ0n) is 4.81. The quantitative estimate of drug-likeness (QED) is 0.542. The maximum atomic E-state index is 11.5. The van der Waals surface area contributed by atoms with Crippen LogP contribution in [0.15, 0.2) is 0 Å². The van der Waals surface area contributed by atoms with Crippen LogP contribution >= 0.6 is 26.9 Å². The van der Waals surface area contributed by atoms with E-state index in [-0.39, 0.29) is 0 Å². The third-order valence-corrected chi connectivity index (χ3v) is 7.31. The van der Waals surface area contributed by atoms with Crippen molar-refractivity contribution in [2.24, 2.45) is 0 Å². The van der Waals surface area contributed by atoms with Gasteiger partial charge in [-0.25, -0.2) is 0 Å². The van der Waals surface area contributed by atoms with Gasteiger partial charge in [-0.05, 0) is 0 Å². The van der Waals surface area contributed by atoms with Crippen LogP contribution in [0.3, 0.4) is 0 Å². The summed E-state index contributed by atoms with van der Waals surface area (Å²) in [6.07, 6.45) is 0. The summed E-state index contributed by atoms with van der Waals surface area (Å²) in [5, 5.41) is 0. The van der Waals surface area contributed by atoms with Gasteiger partial charge in [-0.2, -0.15) is 0 Å².